The molecule has 0 aliphatic heterocycles. The zero-order chi connectivity index (χ0) is 15.0. The van der Waals surface area contributed by atoms with E-state index >= 15 is 0 Å². The summed E-state index contributed by atoms with van der Waals surface area (Å²) < 4.78 is 5.97. The molecule has 0 spiro atoms. The third kappa shape index (κ3) is 2.21. The van der Waals surface area contributed by atoms with Gasteiger partial charge >= 0.3 is 5.69 Å². The van der Waals surface area contributed by atoms with Crippen molar-refractivity contribution in [1.29, 1.82) is 0 Å². The minimum atomic E-state index is -0.473. The van der Waals surface area contributed by atoms with Crippen LogP contribution in [0.1, 0.15) is 5.56 Å². The van der Waals surface area contributed by atoms with Crippen molar-refractivity contribution in [2.45, 2.75) is 13.5 Å². The van der Waals surface area contributed by atoms with Gasteiger partial charge in [0.05, 0.1) is 24.2 Å². The second kappa shape index (κ2) is 5.10. The predicted molar refractivity (Wildman–Crippen MR) is 78.5 cm³/mol. The Bertz CT molecular complexity index is 942. The first-order chi connectivity index (χ1) is 10.1. The lowest BCUT2D eigenvalue weighted by atomic mass is 10.1. The maximum Gasteiger partial charge on any atom is 0.329 e. The molecule has 0 atom stereocenters. The molecule has 7 nitrogen and oxygen atoms in total. The summed E-state index contributed by atoms with van der Waals surface area (Å²) in [6.45, 7) is 2.39. The van der Waals surface area contributed by atoms with Crippen LogP contribution >= 0.6 is 0 Å². The van der Waals surface area contributed by atoms with Crippen molar-refractivity contribution in [1.82, 2.24) is 19.7 Å². The first-order valence-corrected chi connectivity index (χ1v) is 6.50. The number of H-pyrrole nitrogens is 1. The van der Waals surface area contributed by atoms with Gasteiger partial charge < -0.3 is 9.72 Å². The molecule has 1 N–H and O–H groups in total. The van der Waals surface area contributed by atoms with Crippen molar-refractivity contribution in [2.24, 2.45) is 0 Å². The van der Waals surface area contributed by atoms with Gasteiger partial charge in [0.1, 0.15) is 0 Å². The first kappa shape index (κ1) is 13.4. The summed E-state index contributed by atoms with van der Waals surface area (Å²) in [5.74, 6) is 0. The van der Waals surface area contributed by atoms with Gasteiger partial charge in [-0.3, -0.25) is 9.36 Å². The Hall–Kier alpha value is -2.54. The molecule has 108 valence electrons. The van der Waals surface area contributed by atoms with Crippen LogP contribution in [-0.2, 0) is 11.3 Å². The Balaban J connectivity index is 2.36. The Kier molecular flexibility index (Phi) is 3.26. The fourth-order valence-corrected chi connectivity index (χ4v) is 2.27. The summed E-state index contributed by atoms with van der Waals surface area (Å²) in [5.41, 5.74) is 1.32. The van der Waals surface area contributed by atoms with Crippen molar-refractivity contribution in [3.05, 3.63) is 44.6 Å². The number of ether oxygens (including phenoxy) is 1. The SMILES string of the molecule is COCCn1c(=O)[nH]c2c(nnc3cc(C)ccc32)c1=O. The van der Waals surface area contributed by atoms with Crippen LogP contribution in [-0.4, -0.2) is 33.5 Å². The van der Waals surface area contributed by atoms with Crippen molar-refractivity contribution >= 4 is 21.9 Å². The lowest BCUT2D eigenvalue weighted by molar-refractivity contribution is 0.185. The number of fused-ring (bicyclic) bond motifs is 3. The molecule has 0 aliphatic carbocycles. The van der Waals surface area contributed by atoms with Crippen LogP contribution < -0.4 is 11.2 Å². The van der Waals surface area contributed by atoms with E-state index in [0.29, 0.717) is 16.4 Å². The van der Waals surface area contributed by atoms with E-state index < -0.39 is 11.2 Å². The molecule has 1 aromatic carbocycles. The zero-order valence-corrected chi connectivity index (χ0v) is 11.7. The molecule has 3 aromatic rings. The Morgan fingerprint density at radius 3 is 2.86 bits per heavy atom. The molecule has 0 bridgehead atoms. The second-order valence-electron chi connectivity index (χ2n) is 4.82. The summed E-state index contributed by atoms with van der Waals surface area (Å²) in [7, 11) is 1.51. The van der Waals surface area contributed by atoms with Crippen LogP contribution in [0.5, 0.6) is 0 Å². The zero-order valence-electron chi connectivity index (χ0n) is 11.7. The summed E-state index contributed by atoms with van der Waals surface area (Å²) >= 11 is 0. The highest BCUT2D eigenvalue weighted by Gasteiger charge is 2.12. The molecule has 2 heterocycles. The average Bonchev–Trinajstić information content (AvgIpc) is 2.46. The summed E-state index contributed by atoms with van der Waals surface area (Å²) in [6, 6.07) is 5.59. The highest BCUT2D eigenvalue weighted by Crippen LogP contribution is 2.18. The molecule has 0 radical (unpaired) electrons. The van der Waals surface area contributed by atoms with E-state index in [2.05, 4.69) is 15.2 Å². The van der Waals surface area contributed by atoms with E-state index in [1.165, 1.54) is 7.11 Å². The fourth-order valence-electron chi connectivity index (χ4n) is 2.27. The van der Waals surface area contributed by atoms with Crippen LogP contribution in [0.25, 0.3) is 21.9 Å². The molecule has 0 saturated heterocycles. The average molecular weight is 286 g/mol. The van der Waals surface area contributed by atoms with Crippen LogP contribution in [0.2, 0.25) is 0 Å². The molecule has 3 rings (SSSR count). The Morgan fingerprint density at radius 2 is 2.10 bits per heavy atom. The summed E-state index contributed by atoms with van der Waals surface area (Å²) in [6.07, 6.45) is 0. The van der Waals surface area contributed by atoms with E-state index in [1.807, 2.05) is 25.1 Å². The Labute approximate surface area is 119 Å². The molecule has 0 fully saturated rings. The van der Waals surface area contributed by atoms with Gasteiger partial charge in [0.15, 0.2) is 5.52 Å². The number of aryl methyl sites for hydroxylation is 1. The van der Waals surface area contributed by atoms with Crippen LogP contribution in [0.3, 0.4) is 0 Å². The number of hydrogen-bond donors (Lipinski definition) is 1. The van der Waals surface area contributed by atoms with Crippen molar-refractivity contribution in [3.63, 3.8) is 0 Å². The van der Waals surface area contributed by atoms with E-state index in [4.69, 9.17) is 4.74 Å². The van der Waals surface area contributed by atoms with Gasteiger partial charge in [-0.15, -0.1) is 10.2 Å². The van der Waals surface area contributed by atoms with Gasteiger partial charge in [-0.1, -0.05) is 12.1 Å². The van der Waals surface area contributed by atoms with Crippen molar-refractivity contribution in [2.75, 3.05) is 13.7 Å². The van der Waals surface area contributed by atoms with Gasteiger partial charge in [0.25, 0.3) is 5.56 Å². The minimum Gasteiger partial charge on any atom is -0.383 e. The maximum absolute atomic E-state index is 12.4. The molecule has 21 heavy (non-hydrogen) atoms. The van der Waals surface area contributed by atoms with Gasteiger partial charge in [0.2, 0.25) is 0 Å². The van der Waals surface area contributed by atoms with E-state index in [-0.39, 0.29) is 18.7 Å². The van der Waals surface area contributed by atoms with E-state index in [9.17, 15) is 9.59 Å². The number of nitrogens with one attached hydrogen (secondary N) is 1. The highest BCUT2D eigenvalue weighted by molar-refractivity contribution is 6.00. The van der Waals surface area contributed by atoms with Crippen LogP contribution in [0.15, 0.2) is 27.8 Å². The maximum atomic E-state index is 12.4. The van der Waals surface area contributed by atoms with Gasteiger partial charge in [0, 0.05) is 12.5 Å². The number of methoxy groups -OCH3 is 1. The van der Waals surface area contributed by atoms with Gasteiger partial charge in [-0.05, 0) is 18.6 Å². The molecule has 0 saturated carbocycles. The highest BCUT2D eigenvalue weighted by atomic mass is 16.5. The minimum absolute atomic E-state index is 0.155. The second-order valence-corrected chi connectivity index (χ2v) is 4.82. The van der Waals surface area contributed by atoms with E-state index in [0.717, 1.165) is 10.1 Å². The number of aromatic nitrogens is 4. The fraction of sp³-hybridized carbons (Fsp3) is 0.286. The third-order valence-electron chi connectivity index (χ3n) is 3.36. The predicted octanol–water partition coefficient (Wildman–Crippen LogP) is 0.588. The first-order valence-electron chi connectivity index (χ1n) is 6.50. The molecular formula is C14H14N4O3. The van der Waals surface area contributed by atoms with Crippen molar-refractivity contribution in [3.8, 4) is 0 Å². The number of benzene rings is 1. The molecular weight excluding hydrogens is 272 g/mol. The largest absolute Gasteiger partial charge is 0.383 e. The number of aromatic amines is 1. The lowest BCUT2D eigenvalue weighted by Gasteiger charge is -2.06. The molecule has 0 aliphatic rings. The van der Waals surface area contributed by atoms with Gasteiger partial charge in [-0.25, -0.2) is 4.79 Å². The normalized spacial score (nSPS) is 11.3. The van der Waals surface area contributed by atoms with Gasteiger partial charge in [-0.2, -0.15) is 0 Å². The molecule has 0 unspecified atom stereocenters. The lowest BCUT2D eigenvalue weighted by Crippen LogP contribution is -2.36. The quantitative estimate of drug-likeness (QED) is 0.712. The molecule has 2 aromatic heterocycles. The number of hydrogen-bond acceptors (Lipinski definition) is 5. The standard InChI is InChI=1S/C14H14N4O3/c1-8-3-4-9-10(7-8)16-17-12-11(9)15-14(20)18(13(12)19)5-6-21-2/h3-4,7H,5-6H2,1-2H3,(H,15,20). The topological polar surface area (TPSA) is 89.9 Å². The van der Waals surface area contributed by atoms with Crippen LogP contribution in [0.4, 0.5) is 0 Å². The molecule has 0 amide bonds. The monoisotopic (exact) mass is 286 g/mol. The number of rotatable bonds is 3. The summed E-state index contributed by atoms with van der Waals surface area (Å²) in [4.78, 5) is 27.1. The third-order valence-corrected chi connectivity index (χ3v) is 3.36. The van der Waals surface area contributed by atoms with Crippen LogP contribution in [0, 0.1) is 6.92 Å². The van der Waals surface area contributed by atoms with Crippen molar-refractivity contribution < 1.29 is 4.74 Å². The number of nitrogens with zero attached hydrogens (tertiary/aromatic N) is 3. The molecule has 7 heteroatoms. The summed E-state index contributed by atoms with van der Waals surface area (Å²) in [5, 5.41) is 8.74. The Morgan fingerprint density at radius 1 is 1.29 bits per heavy atom. The van der Waals surface area contributed by atoms with E-state index in [1.54, 1.807) is 0 Å². The smallest absolute Gasteiger partial charge is 0.329 e.